The summed E-state index contributed by atoms with van der Waals surface area (Å²) in [5, 5.41) is 0. The Morgan fingerprint density at radius 3 is 1.60 bits per heavy atom. The van der Waals surface area contributed by atoms with E-state index in [2.05, 4.69) is 253 Å². The molecule has 4 heterocycles. The van der Waals surface area contributed by atoms with Crippen LogP contribution in [0.15, 0.2) is 121 Å². The van der Waals surface area contributed by atoms with Gasteiger partial charge in [0.15, 0.2) is 0 Å². The Hall–Kier alpha value is -5.81. The monoisotopic (exact) mass is 951 g/mol. The number of para-hydroxylation sites is 1. The van der Waals surface area contributed by atoms with Gasteiger partial charge in [-0.3, -0.25) is 9.47 Å². The summed E-state index contributed by atoms with van der Waals surface area (Å²) < 4.78 is 2.51. The van der Waals surface area contributed by atoms with E-state index in [-0.39, 0.29) is 44.7 Å². The summed E-state index contributed by atoms with van der Waals surface area (Å²) in [6.45, 7) is 40.7. The molecule has 0 amide bonds. The minimum Gasteiger partial charge on any atom is -0.335 e. The lowest BCUT2D eigenvalue weighted by molar-refractivity contribution is 0.193. The standard InChI is InChI=1S/C67H79BN4/c1-61(2,3)45-31-29-43(30-32-45)42-25-27-44(28-26-42)59-69-58-60(71(59)49-23-19-18-20-24-49)70(50-38-46(62(4,5)6)37-47(39-50)63(7,8)9)53-40-48(64(10,11)12)41-54-56(53)68(58)52-34-33-51(65(13,14)15)55-57(52)72(54)67(17)36-22-21-35-66(55,67)16/h18-20,23-34,37-41H,21-22,35-36H2,1-17H3. The average molecular weight is 951 g/mol. The van der Waals surface area contributed by atoms with Gasteiger partial charge in [0.1, 0.15) is 11.6 Å². The van der Waals surface area contributed by atoms with Crippen molar-refractivity contribution in [3.05, 3.63) is 155 Å². The van der Waals surface area contributed by atoms with Crippen LogP contribution in [0.5, 0.6) is 0 Å². The number of rotatable bonds is 4. The maximum Gasteiger partial charge on any atom is 0.277 e. The molecule has 4 aliphatic rings. The first kappa shape index (κ1) is 48.5. The Labute approximate surface area is 433 Å². The summed E-state index contributed by atoms with van der Waals surface area (Å²) >= 11 is 0. The maximum atomic E-state index is 6.13. The second-order valence-electron chi connectivity index (χ2n) is 27.8. The highest BCUT2D eigenvalue weighted by molar-refractivity contribution is 7.00. The summed E-state index contributed by atoms with van der Waals surface area (Å²) in [6, 6.07) is 47.1. The third-order valence-corrected chi connectivity index (χ3v) is 17.7. The number of aromatic nitrogens is 2. The van der Waals surface area contributed by atoms with Gasteiger partial charge in [-0.25, -0.2) is 4.98 Å². The second kappa shape index (κ2) is 15.8. The summed E-state index contributed by atoms with van der Waals surface area (Å²) in [7, 11) is 0. The molecule has 1 saturated carbocycles. The minimum atomic E-state index is -0.122. The van der Waals surface area contributed by atoms with Crippen LogP contribution in [-0.2, 0) is 32.5 Å². The molecule has 0 radical (unpaired) electrons. The van der Waals surface area contributed by atoms with E-state index in [1.54, 1.807) is 5.56 Å². The first-order chi connectivity index (χ1) is 33.6. The molecule has 1 aromatic heterocycles. The van der Waals surface area contributed by atoms with Crippen LogP contribution in [0.3, 0.4) is 0 Å². The zero-order valence-electron chi connectivity index (χ0n) is 46.7. The van der Waals surface area contributed by atoms with Crippen molar-refractivity contribution < 1.29 is 0 Å². The molecular weight excluding hydrogens is 872 g/mol. The van der Waals surface area contributed by atoms with Crippen LogP contribution in [0.4, 0.5) is 28.6 Å². The topological polar surface area (TPSA) is 24.3 Å². The summed E-state index contributed by atoms with van der Waals surface area (Å²) in [5.41, 5.74) is 21.8. The van der Waals surface area contributed by atoms with Gasteiger partial charge in [0.2, 0.25) is 0 Å². The van der Waals surface area contributed by atoms with Crippen LogP contribution >= 0.6 is 0 Å². The van der Waals surface area contributed by atoms with Crippen molar-refractivity contribution in [2.24, 2.45) is 0 Å². The zero-order chi connectivity index (χ0) is 51.5. The van der Waals surface area contributed by atoms with Gasteiger partial charge >= 0.3 is 0 Å². The van der Waals surface area contributed by atoms with Crippen LogP contribution in [-0.4, -0.2) is 21.8 Å². The molecular formula is C67H79BN4. The fraction of sp³-hybridized carbons (Fsp3) is 0.418. The zero-order valence-corrected chi connectivity index (χ0v) is 46.7. The van der Waals surface area contributed by atoms with Crippen molar-refractivity contribution in [3.63, 3.8) is 0 Å². The van der Waals surface area contributed by atoms with E-state index in [4.69, 9.17) is 4.98 Å². The molecule has 1 aliphatic carbocycles. The quantitative estimate of drug-likeness (QED) is 0.164. The predicted octanol–water partition coefficient (Wildman–Crippen LogP) is 16.0. The normalized spacial score (nSPS) is 19.5. The molecule has 0 spiro atoms. The van der Waals surface area contributed by atoms with E-state index in [0.717, 1.165) is 34.9 Å². The van der Waals surface area contributed by atoms with Crippen LogP contribution in [0.25, 0.3) is 28.2 Å². The predicted molar refractivity (Wildman–Crippen MR) is 310 cm³/mol. The molecule has 6 aromatic carbocycles. The van der Waals surface area contributed by atoms with Crippen LogP contribution in [0.2, 0.25) is 0 Å². The van der Waals surface area contributed by atoms with Crippen molar-refractivity contribution in [1.29, 1.82) is 0 Å². The van der Waals surface area contributed by atoms with Gasteiger partial charge in [0.05, 0.1) is 11.1 Å². The highest BCUT2D eigenvalue weighted by Gasteiger charge is 2.63. The molecule has 0 bridgehead atoms. The molecule has 5 heteroatoms. The Morgan fingerprint density at radius 1 is 0.500 bits per heavy atom. The maximum absolute atomic E-state index is 6.13. The van der Waals surface area contributed by atoms with Gasteiger partial charge < -0.3 is 4.90 Å². The second-order valence-corrected chi connectivity index (χ2v) is 27.8. The fourth-order valence-corrected chi connectivity index (χ4v) is 13.1. The van der Waals surface area contributed by atoms with Crippen LogP contribution in [0.1, 0.15) is 177 Å². The molecule has 7 aromatic rings. The van der Waals surface area contributed by atoms with E-state index < -0.39 is 0 Å². The molecule has 72 heavy (non-hydrogen) atoms. The van der Waals surface area contributed by atoms with E-state index >= 15 is 0 Å². The first-order valence-electron chi connectivity index (χ1n) is 27.1. The number of hydrogen-bond donors (Lipinski definition) is 0. The van der Waals surface area contributed by atoms with Crippen LogP contribution in [0, 0.1) is 0 Å². The third kappa shape index (κ3) is 7.32. The molecule has 2 unspecified atom stereocenters. The molecule has 0 saturated heterocycles. The number of benzene rings is 6. The highest BCUT2D eigenvalue weighted by Crippen LogP contribution is 2.64. The van der Waals surface area contributed by atoms with Crippen molar-refractivity contribution in [3.8, 4) is 28.2 Å². The minimum absolute atomic E-state index is 0.0271. The number of hydrogen-bond acceptors (Lipinski definition) is 3. The molecule has 1 fully saturated rings. The van der Waals surface area contributed by atoms with Gasteiger partial charge in [-0.2, -0.15) is 0 Å². The Bertz CT molecular complexity index is 3250. The third-order valence-electron chi connectivity index (χ3n) is 17.7. The first-order valence-corrected chi connectivity index (χ1v) is 27.1. The molecule has 4 nitrogen and oxygen atoms in total. The van der Waals surface area contributed by atoms with E-state index in [0.29, 0.717) is 0 Å². The van der Waals surface area contributed by atoms with Gasteiger partial charge in [-0.1, -0.05) is 209 Å². The molecule has 11 rings (SSSR count). The molecule has 2 atom stereocenters. The Balaban J connectivity index is 1.28. The Morgan fingerprint density at radius 2 is 1.03 bits per heavy atom. The fourth-order valence-electron chi connectivity index (χ4n) is 13.1. The largest absolute Gasteiger partial charge is 0.335 e. The van der Waals surface area contributed by atoms with Crippen molar-refractivity contribution in [1.82, 2.24) is 9.55 Å². The summed E-state index contributed by atoms with van der Waals surface area (Å²) in [5.74, 6) is 2.07. The van der Waals surface area contributed by atoms with Gasteiger partial charge in [-0.05, 0) is 139 Å². The number of imidazole rings is 1. The van der Waals surface area contributed by atoms with Crippen LogP contribution < -0.4 is 26.3 Å². The van der Waals surface area contributed by atoms with E-state index in [1.165, 1.54) is 91.9 Å². The summed E-state index contributed by atoms with van der Waals surface area (Å²) in [4.78, 5) is 11.7. The van der Waals surface area contributed by atoms with E-state index in [1.807, 2.05) is 0 Å². The van der Waals surface area contributed by atoms with Gasteiger partial charge in [-0.15, -0.1) is 0 Å². The lowest BCUT2D eigenvalue weighted by Crippen LogP contribution is -2.65. The molecule has 370 valence electrons. The Kier molecular flexibility index (Phi) is 10.7. The smallest absolute Gasteiger partial charge is 0.277 e. The van der Waals surface area contributed by atoms with Crippen molar-refractivity contribution >= 4 is 51.8 Å². The van der Waals surface area contributed by atoms with E-state index in [9.17, 15) is 0 Å². The summed E-state index contributed by atoms with van der Waals surface area (Å²) in [6.07, 6.45) is 4.82. The number of nitrogens with zero attached hydrogens (tertiary/aromatic N) is 4. The number of fused-ring (bicyclic) bond motifs is 7. The van der Waals surface area contributed by atoms with Gasteiger partial charge in [0.25, 0.3) is 6.71 Å². The van der Waals surface area contributed by atoms with Crippen molar-refractivity contribution in [2.45, 2.75) is 181 Å². The average Bonchev–Trinajstić information content (AvgIpc) is 3.80. The number of anilines is 5. The highest BCUT2D eigenvalue weighted by atomic mass is 15.3. The SMILES string of the molecule is CC(C)(C)c1ccc(-c2ccc(-c3nc4c(n3-c3ccccc3)N(c3cc(C(C)(C)C)cc(C(C)(C)C)c3)c3cc(C(C)(C)C)cc5c3B4c3ccc(C(C)(C)C)c4c3N5C3(C)CCCCC43C)cc2)cc1. The lowest BCUT2D eigenvalue weighted by atomic mass is 9.35. The van der Waals surface area contributed by atoms with Gasteiger partial charge in [0, 0.05) is 39.4 Å². The molecule has 0 N–H and O–H groups in total. The molecule has 3 aliphatic heterocycles. The van der Waals surface area contributed by atoms with Crippen molar-refractivity contribution in [2.75, 3.05) is 9.80 Å². The lowest BCUT2D eigenvalue weighted by Gasteiger charge is -2.53.